The quantitative estimate of drug-likeness (QED) is 0.869. The second-order valence-electron chi connectivity index (χ2n) is 4.76. The third-order valence-electron chi connectivity index (χ3n) is 3.74. The molecule has 0 aliphatic heterocycles. The van der Waals surface area contributed by atoms with Gasteiger partial charge in [0.25, 0.3) is 0 Å². The molecule has 0 saturated heterocycles. The molecule has 0 spiro atoms. The molecule has 1 saturated carbocycles. The average molecular weight is 237 g/mol. The van der Waals surface area contributed by atoms with Gasteiger partial charge in [-0.15, -0.1) is 0 Å². The smallest absolute Gasteiger partial charge is 0.165 e. The average Bonchev–Trinajstić information content (AvgIpc) is 2.76. The normalized spacial score (nSPS) is 23.9. The van der Waals surface area contributed by atoms with E-state index in [0.29, 0.717) is 17.7 Å². The van der Waals surface area contributed by atoms with Gasteiger partial charge in [0.2, 0.25) is 0 Å². The summed E-state index contributed by atoms with van der Waals surface area (Å²) in [5.74, 6) is 0.696. The lowest BCUT2D eigenvalue weighted by atomic mass is 9.94. The second kappa shape index (κ2) is 5.50. The number of benzene rings is 1. The predicted molar refractivity (Wildman–Crippen MR) is 66.8 cm³/mol. The van der Waals surface area contributed by atoms with E-state index in [9.17, 15) is 4.39 Å². The lowest BCUT2D eigenvalue weighted by Gasteiger charge is -2.19. The summed E-state index contributed by atoms with van der Waals surface area (Å²) in [5.41, 5.74) is 1.07. The largest absolute Gasteiger partial charge is 0.494 e. The topological polar surface area (TPSA) is 21.3 Å². The maximum atomic E-state index is 13.6. The highest BCUT2D eigenvalue weighted by Gasteiger charge is 2.25. The Morgan fingerprint density at radius 1 is 1.41 bits per heavy atom. The van der Waals surface area contributed by atoms with Crippen molar-refractivity contribution in [3.63, 3.8) is 0 Å². The number of hydrogen-bond acceptors (Lipinski definition) is 2. The first-order valence-electron chi connectivity index (χ1n) is 6.24. The van der Waals surface area contributed by atoms with Crippen LogP contribution in [0.15, 0.2) is 18.2 Å². The lowest BCUT2D eigenvalue weighted by Crippen LogP contribution is -2.30. The Bertz CT molecular complexity index is 380. The van der Waals surface area contributed by atoms with Crippen LogP contribution in [-0.2, 0) is 6.42 Å². The van der Waals surface area contributed by atoms with Gasteiger partial charge in [-0.05, 0) is 49.9 Å². The van der Waals surface area contributed by atoms with Crippen molar-refractivity contribution in [3.05, 3.63) is 29.6 Å². The van der Waals surface area contributed by atoms with Gasteiger partial charge in [0.15, 0.2) is 11.6 Å². The molecule has 2 unspecified atom stereocenters. The zero-order chi connectivity index (χ0) is 12.3. The van der Waals surface area contributed by atoms with Crippen molar-refractivity contribution in [2.75, 3.05) is 14.2 Å². The molecule has 2 atom stereocenters. The minimum atomic E-state index is -0.260. The van der Waals surface area contributed by atoms with Crippen LogP contribution in [0.25, 0.3) is 0 Å². The summed E-state index contributed by atoms with van der Waals surface area (Å²) in [5, 5.41) is 3.35. The molecule has 1 N–H and O–H groups in total. The van der Waals surface area contributed by atoms with Crippen LogP contribution < -0.4 is 10.1 Å². The summed E-state index contributed by atoms with van der Waals surface area (Å²) < 4.78 is 18.5. The van der Waals surface area contributed by atoms with E-state index in [1.165, 1.54) is 26.4 Å². The van der Waals surface area contributed by atoms with E-state index >= 15 is 0 Å². The van der Waals surface area contributed by atoms with Crippen LogP contribution in [0.2, 0.25) is 0 Å². The van der Waals surface area contributed by atoms with E-state index in [1.54, 1.807) is 12.1 Å². The van der Waals surface area contributed by atoms with Gasteiger partial charge in [0.05, 0.1) is 7.11 Å². The molecule has 2 nitrogen and oxygen atoms in total. The van der Waals surface area contributed by atoms with Crippen molar-refractivity contribution in [3.8, 4) is 5.75 Å². The Labute approximate surface area is 102 Å². The third-order valence-corrected chi connectivity index (χ3v) is 3.74. The number of halogens is 1. The van der Waals surface area contributed by atoms with Crippen LogP contribution in [0, 0.1) is 11.7 Å². The maximum absolute atomic E-state index is 13.6. The van der Waals surface area contributed by atoms with Crippen LogP contribution >= 0.6 is 0 Å². The number of rotatable bonds is 4. The fourth-order valence-electron chi connectivity index (χ4n) is 2.80. The zero-order valence-electron chi connectivity index (χ0n) is 10.5. The van der Waals surface area contributed by atoms with Gasteiger partial charge in [0.1, 0.15) is 0 Å². The highest BCUT2D eigenvalue weighted by Crippen LogP contribution is 2.29. The van der Waals surface area contributed by atoms with Gasteiger partial charge < -0.3 is 10.1 Å². The Balaban J connectivity index is 2.05. The van der Waals surface area contributed by atoms with Crippen molar-refractivity contribution in [2.45, 2.75) is 31.7 Å². The van der Waals surface area contributed by atoms with Crippen molar-refractivity contribution in [1.82, 2.24) is 5.32 Å². The maximum Gasteiger partial charge on any atom is 0.165 e. The number of nitrogens with one attached hydrogen (secondary N) is 1. The Kier molecular flexibility index (Phi) is 4.00. The Hall–Kier alpha value is -1.09. The van der Waals surface area contributed by atoms with Crippen LogP contribution in [0.1, 0.15) is 24.8 Å². The molecule has 0 radical (unpaired) electrons. The summed E-state index contributed by atoms with van der Waals surface area (Å²) in [6.45, 7) is 0. The molecule has 17 heavy (non-hydrogen) atoms. The van der Waals surface area contributed by atoms with Crippen LogP contribution in [0.4, 0.5) is 4.39 Å². The first-order valence-corrected chi connectivity index (χ1v) is 6.24. The fourth-order valence-corrected chi connectivity index (χ4v) is 2.80. The van der Waals surface area contributed by atoms with Crippen molar-refractivity contribution < 1.29 is 9.13 Å². The predicted octanol–water partition coefficient (Wildman–Crippen LogP) is 2.76. The first-order chi connectivity index (χ1) is 8.24. The standard InChI is InChI=1S/C14H20FNO/c1-16-13-5-3-4-11(13)8-10-6-7-14(17-2)12(15)9-10/h6-7,9,11,13,16H,3-5,8H2,1-2H3. The van der Waals surface area contributed by atoms with E-state index < -0.39 is 0 Å². The summed E-state index contributed by atoms with van der Waals surface area (Å²) in [7, 11) is 3.50. The van der Waals surface area contributed by atoms with Gasteiger partial charge in [-0.1, -0.05) is 12.5 Å². The zero-order valence-corrected chi connectivity index (χ0v) is 10.5. The molecule has 3 heteroatoms. The minimum Gasteiger partial charge on any atom is -0.494 e. The highest BCUT2D eigenvalue weighted by molar-refractivity contribution is 5.29. The van der Waals surface area contributed by atoms with Gasteiger partial charge in [-0.25, -0.2) is 4.39 Å². The van der Waals surface area contributed by atoms with Crippen LogP contribution in [0.5, 0.6) is 5.75 Å². The molecule has 0 bridgehead atoms. The lowest BCUT2D eigenvalue weighted by molar-refractivity contribution is 0.384. The molecule has 1 aliphatic carbocycles. The Morgan fingerprint density at radius 2 is 2.24 bits per heavy atom. The van der Waals surface area contributed by atoms with Crippen molar-refractivity contribution in [2.24, 2.45) is 5.92 Å². The molecular formula is C14H20FNO. The van der Waals surface area contributed by atoms with E-state index in [2.05, 4.69) is 5.32 Å². The molecule has 1 aromatic rings. The monoisotopic (exact) mass is 237 g/mol. The van der Waals surface area contributed by atoms with E-state index in [-0.39, 0.29) is 5.82 Å². The van der Waals surface area contributed by atoms with E-state index in [0.717, 1.165) is 12.0 Å². The van der Waals surface area contributed by atoms with Gasteiger partial charge in [-0.2, -0.15) is 0 Å². The SMILES string of the molecule is CNC1CCCC1Cc1ccc(OC)c(F)c1. The summed E-state index contributed by atoms with van der Waals surface area (Å²) in [6.07, 6.45) is 4.69. The van der Waals surface area contributed by atoms with E-state index in [1.807, 2.05) is 13.1 Å². The first kappa shape index (κ1) is 12.4. The number of methoxy groups -OCH3 is 1. The summed E-state index contributed by atoms with van der Waals surface area (Å²) in [6, 6.07) is 5.87. The number of hydrogen-bond donors (Lipinski definition) is 1. The van der Waals surface area contributed by atoms with Gasteiger partial charge in [-0.3, -0.25) is 0 Å². The molecule has 1 fully saturated rings. The third kappa shape index (κ3) is 2.78. The molecule has 0 heterocycles. The molecule has 94 valence electrons. The highest BCUT2D eigenvalue weighted by atomic mass is 19.1. The fraction of sp³-hybridized carbons (Fsp3) is 0.571. The second-order valence-corrected chi connectivity index (χ2v) is 4.76. The van der Waals surface area contributed by atoms with E-state index in [4.69, 9.17) is 4.74 Å². The van der Waals surface area contributed by atoms with Gasteiger partial charge in [0, 0.05) is 6.04 Å². The number of ether oxygens (including phenoxy) is 1. The van der Waals surface area contributed by atoms with Crippen molar-refractivity contribution in [1.29, 1.82) is 0 Å². The van der Waals surface area contributed by atoms with Crippen LogP contribution in [0.3, 0.4) is 0 Å². The summed E-state index contributed by atoms with van der Waals surface area (Å²) >= 11 is 0. The molecular weight excluding hydrogens is 217 g/mol. The minimum absolute atomic E-state index is 0.260. The molecule has 1 aliphatic rings. The van der Waals surface area contributed by atoms with Crippen LogP contribution in [-0.4, -0.2) is 20.2 Å². The molecule has 0 amide bonds. The molecule has 1 aromatic carbocycles. The molecule has 2 rings (SSSR count). The van der Waals surface area contributed by atoms with Crippen molar-refractivity contribution >= 4 is 0 Å². The molecule has 0 aromatic heterocycles. The summed E-state index contributed by atoms with van der Waals surface area (Å²) in [4.78, 5) is 0. The van der Waals surface area contributed by atoms with Gasteiger partial charge >= 0.3 is 0 Å². The Morgan fingerprint density at radius 3 is 2.88 bits per heavy atom.